The van der Waals surface area contributed by atoms with E-state index in [4.69, 9.17) is 17.3 Å². The summed E-state index contributed by atoms with van der Waals surface area (Å²) in [6, 6.07) is 5.02. The Kier molecular flexibility index (Phi) is 4.06. The van der Waals surface area contributed by atoms with Crippen LogP contribution in [-0.2, 0) is 0 Å². The van der Waals surface area contributed by atoms with E-state index in [9.17, 15) is 9.18 Å². The number of rotatable bonds is 4. The van der Waals surface area contributed by atoms with Gasteiger partial charge in [-0.2, -0.15) is 0 Å². The second-order valence-electron chi connectivity index (χ2n) is 7.12. The molecule has 128 valence electrons. The molecule has 0 spiro atoms. The molecule has 24 heavy (non-hydrogen) atoms. The van der Waals surface area contributed by atoms with E-state index in [1.54, 1.807) is 12.1 Å². The quantitative estimate of drug-likeness (QED) is 0.838. The van der Waals surface area contributed by atoms with Crippen LogP contribution in [0.5, 0.6) is 0 Å². The smallest absolute Gasteiger partial charge is 0.261 e. The van der Waals surface area contributed by atoms with Crippen molar-refractivity contribution in [1.29, 1.82) is 0 Å². The van der Waals surface area contributed by atoms with Crippen molar-refractivity contribution in [3.8, 4) is 0 Å². The summed E-state index contributed by atoms with van der Waals surface area (Å²) in [4.78, 5) is 13.3. The third kappa shape index (κ3) is 2.83. The van der Waals surface area contributed by atoms with E-state index in [0.29, 0.717) is 20.9 Å². The van der Waals surface area contributed by atoms with E-state index in [0.717, 1.165) is 37.0 Å². The van der Waals surface area contributed by atoms with Crippen LogP contribution in [0.25, 0.3) is 10.1 Å². The van der Waals surface area contributed by atoms with Crippen LogP contribution in [0.1, 0.15) is 48.2 Å². The third-order valence-corrected chi connectivity index (χ3v) is 6.84. The molecular weight excluding hydrogens is 347 g/mol. The first-order valence-corrected chi connectivity index (χ1v) is 9.65. The maximum absolute atomic E-state index is 14.1. The Bertz CT molecular complexity index is 796. The highest BCUT2D eigenvalue weighted by Gasteiger charge is 2.50. The molecule has 0 saturated heterocycles. The number of nitrogens with two attached hydrogens (primary N) is 1. The molecule has 0 aliphatic heterocycles. The van der Waals surface area contributed by atoms with Gasteiger partial charge in [-0.1, -0.05) is 30.5 Å². The average Bonchev–Trinajstić information content (AvgIpc) is 2.99. The molecule has 0 radical (unpaired) electrons. The number of carbonyl (C=O) groups excluding carboxylic acids is 1. The van der Waals surface area contributed by atoms with E-state index in [1.807, 2.05) is 0 Å². The van der Waals surface area contributed by atoms with Crippen molar-refractivity contribution in [3.05, 3.63) is 33.9 Å². The molecule has 1 amide bonds. The third-order valence-electron chi connectivity index (χ3n) is 5.41. The van der Waals surface area contributed by atoms with E-state index in [1.165, 1.54) is 18.9 Å². The Labute approximate surface area is 149 Å². The Morgan fingerprint density at radius 2 is 2.08 bits per heavy atom. The van der Waals surface area contributed by atoms with E-state index >= 15 is 0 Å². The second kappa shape index (κ2) is 5.97. The molecule has 1 unspecified atom stereocenters. The number of amides is 1. The first-order valence-electron chi connectivity index (χ1n) is 8.45. The zero-order valence-electron chi connectivity index (χ0n) is 13.3. The largest absolute Gasteiger partial charge is 0.346 e. The number of hydrogen-bond donors (Lipinski definition) is 2. The summed E-state index contributed by atoms with van der Waals surface area (Å²) in [6.07, 6.45) is 6.59. The van der Waals surface area contributed by atoms with Crippen molar-refractivity contribution in [1.82, 2.24) is 5.32 Å². The van der Waals surface area contributed by atoms with Gasteiger partial charge in [-0.15, -0.1) is 11.3 Å². The lowest BCUT2D eigenvalue weighted by Gasteiger charge is -2.30. The minimum Gasteiger partial charge on any atom is -0.346 e. The Hall–Kier alpha value is -1.17. The van der Waals surface area contributed by atoms with Crippen LogP contribution < -0.4 is 11.1 Å². The molecule has 3 N–H and O–H groups in total. The normalized spacial score (nSPS) is 21.1. The molecule has 0 bridgehead atoms. The minimum absolute atomic E-state index is 0.0196. The van der Waals surface area contributed by atoms with E-state index in [2.05, 4.69) is 5.32 Å². The van der Waals surface area contributed by atoms with Crippen molar-refractivity contribution < 1.29 is 9.18 Å². The summed E-state index contributed by atoms with van der Waals surface area (Å²) < 4.78 is 14.5. The van der Waals surface area contributed by atoms with E-state index in [-0.39, 0.29) is 22.5 Å². The molecule has 2 aliphatic rings. The van der Waals surface area contributed by atoms with Crippen LogP contribution in [0.15, 0.2) is 18.2 Å². The Morgan fingerprint density at radius 1 is 1.38 bits per heavy atom. The number of fused-ring (bicyclic) bond motifs is 1. The zero-order valence-corrected chi connectivity index (χ0v) is 14.9. The average molecular weight is 367 g/mol. The number of hydrogen-bond acceptors (Lipinski definition) is 3. The molecule has 1 atom stereocenters. The minimum atomic E-state index is -0.456. The monoisotopic (exact) mass is 366 g/mol. The highest BCUT2D eigenvalue weighted by Crippen LogP contribution is 2.43. The van der Waals surface area contributed by atoms with Gasteiger partial charge in [-0.25, -0.2) is 4.39 Å². The Morgan fingerprint density at radius 3 is 2.75 bits per heavy atom. The molecule has 1 aromatic carbocycles. The van der Waals surface area contributed by atoms with Gasteiger partial charge >= 0.3 is 0 Å². The fourth-order valence-electron chi connectivity index (χ4n) is 3.85. The van der Waals surface area contributed by atoms with Gasteiger partial charge < -0.3 is 11.1 Å². The highest BCUT2D eigenvalue weighted by molar-refractivity contribution is 7.20. The molecule has 1 heterocycles. The van der Waals surface area contributed by atoms with Crippen molar-refractivity contribution >= 4 is 38.9 Å². The predicted molar refractivity (Wildman–Crippen MR) is 96.2 cm³/mol. The molecule has 2 saturated carbocycles. The summed E-state index contributed by atoms with van der Waals surface area (Å²) in [5.41, 5.74) is 6.17. The molecule has 2 fully saturated rings. The fourth-order valence-corrected chi connectivity index (χ4v) is 5.06. The number of carbonyl (C=O) groups is 1. The fraction of sp³-hybridized carbons (Fsp3) is 0.500. The van der Waals surface area contributed by atoms with Gasteiger partial charge in [0.05, 0.1) is 14.6 Å². The van der Waals surface area contributed by atoms with Gasteiger partial charge in [0.25, 0.3) is 5.91 Å². The zero-order chi connectivity index (χ0) is 16.9. The molecule has 6 heteroatoms. The van der Waals surface area contributed by atoms with Crippen LogP contribution >= 0.6 is 22.9 Å². The van der Waals surface area contributed by atoms with Crippen molar-refractivity contribution in [3.63, 3.8) is 0 Å². The van der Waals surface area contributed by atoms with Gasteiger partial charge in [0.1, 0.15) is 0 Å². The van der Waals surface area contributed by atoms with Gasteiger partial charge in [-0.05, 0) is 49.1 Å². The molecule has 3 nitrogen and oxygen atoms in total. The first-order chi connectivity index (χ1) is 11.5. The van der Waals surface area contributed by atoms with Gasteiger partial charge in [0.2, 0.25) is 0 Å². The number of thiophene rings is 1. The molecule has 2 aliphatic carbocycles. The van der Waals surface area contributed by atoms with E-state index < -0.39 is 5.82 Å². The SMILES string of the molecule is NC1(C(NC(=O)c2cc3ccc(Cl)c(F)c3s2)C2CCCC2)CC1. The van der Waals surface area contributed by atoms with Crippen molar-refractivity contribution in [2.24, 2.45) is 11.7 Å². The van der Waals surface area contributed by atoms with Crippen LogP contribution in [-0.4, -0.2) is 17.5 Å². The number of nitrogens with one attached hydrogen (secondary N) is 1. The maximum atomic E-state index is 14.1. The van der Waals surface area contributed by atoms with Crippen molar-refractivity contribution in [2.45, 2.75) is 50.1 Å². The topological polar surface area (TPSA) is 55.1 Å². The van der Waals surface area contributed by atoms with Gasteiger partial charge in [-0.3, -0.25) is 4.79 Å². The predicted octanol–water partition coefficient (Wildman–Crippen LogP) is 4.47. The standard InChI is InChI=1S/C18H20ClFN2OS/c19-12-6-5-11-9-13(24-15(11)14(12)20)17(23)22-16(18(21)7-8-18)10-3-1-2-4-10/h5-6,9-10,16H,1-4,7-8,21H2,(H,22,23). The second-order valence-corrected chi connectivity index (χ2v) is 8.58. The summed E-state index contributed by atoms with van der Waals surface area (Å²) in [5.74, 6) is -0.148. The summed E-state index contributed by atoms with van der Waals surface area (Å²) in [5, 5.41) is 3.95. The summed E-state index contributed by atoms with van der Waals surface area (Å²) >= 11 is 6.98. The molecule has 1 aromatic heterocycles. The van der Waals surface area contributed by atoms with Gasteiger partial charge in [0.15, 0.2) is 5.82 Å². The number of halogens is 2. The number of benzene rings is 1. The lowest BCUT2D eigenvalue weighted by atomic mass is 9.90. The lowest BCUT2D eigenvalue weighted by Crippen LogP contribution is -2.53. The van der Waals surface area contributed by atoms with Crippen LogP contribution in [0.3, 0.4) is 0 Å². The first kappa shape index (κ1) is 16.3. The van der Waals surface area contributed by atoms with Crippen LogP contribution in [0, 0.1) is 11.7 Å². The highest BCUT2D eigenvalue weighted by atomic mass is 35.5. The van der Waals surface area contributed by atoms with Crippen molar-refractivity contribution in [2.75, 3.05) is 0 Å². The summed E-state index contributed by atoms with van der Waals surface area (Å²) in [6.45, 7) is 0. The lowest BCUT2D eigenvalue weighted by molar-refractivity contribution is 0.0912. The molecule has 2 aromatic rings. The summed E-state index contributed by atoms with van der Waals surface area (Å²) in [7, 11) is 0. The van der Waals surface area contributed by atoms with Gasteiger partial charge in [0, 0.05) is 11.6 Å². The maximum Gasteiger partial charge on any atom is 0.261 e. The molecular formula is C18H20ClFN2OS. The van der Waals surface area contributed by atoms with Crippen LogP contribution in [0.4, 0.5) is 4.39 Å². The molecule has 4 rings (SSSR count). The van der Waals surface area contributed by atoms with Crippen LogP contribution in [0.2, 0.25) is 5.02 Å². The Balaban J connectivity index is 1.59.